The summed E-state index contributed by atoms with van der Waals surface area (Å²) >= 11 is 3.41. The van der Waals surface area contributed by atoms with Crippen LogP contribution in [0.4, 0.5) is 5.82 Å². The van der Waals surface area contributed by atoms with Crippen molar-refractivity contribution < 1.29 is 0 Å². The van der Waals surface area contributed by atoms with E-state index < -0.39 is 0 Å². The standard InChI is InChI=1S/C12H20BrN3/c1-2-3-4-5-6-7-8-15-12-11(13)9-14-10-16-12/h9-10H,2-8H2,1H3,(H,14,15,16). The number of nitrogens with zero attached hydrogens (tertiary/aromatic N) is 2. The molecule has 0 aliphatic carbocycles. The van der Waals surface area contributed by atoms with Gasteiger partial charge in [-0.15, -0.1) is 0 Å². The molecule has 3 nitrogen and oxygen atoms in total. The third-order valence-electron chi connectivity index (χ3n) is 2.49. The maximum atomic E-state index is 4.16. The molecule has 16 heavy (non-hydrogen) atoms. The van der Waals surface area contributed by atoms with Crippen molar-refractivity contribution in [2.24, 2.45) is 0 Å². The second-order valence-corrected chi connectivity index (χ2v) is 4.77. The minimum atomic E-state index is 0.892. The summed E-state index contributed by atoms with van der Waals surface area (Å²) < 4.78 is 0.931. The van der Waals surface area contributed by atoms with Crippen LogP contribution < -0.4 is 5.32 Å². The zero-order valence-corrected chi connectivity index (χ0v) is 11.5. The number of hydrogen-bond donors (Lipinski definition) is 1. The van der Waals surface area contributed by atoms with E-state index in [0.29, 0.717) is 0 Å². The highest BCUT2D eigenvalue weighted by atomic mass is 79.9. The van der Waals surface area contributed by atoms with E-state index in [2.05, 4.69) is 38.1 Å². The first-order valence-corrected chi connectivity index (χ1v) is 6.83. The summed E-state index contributed by atoms with van der Waals surface area (Å²) in [4.78, 5) is 8.08. The average Bonchev–Trinajstić information content (AvgIpc) is 2.30. The number of rotatable bonds is 8. The Morgan fingerprint density at radius 1 is 1.19 bits per heavy atom. The van der Waals surface area contributed by atoms with Crippen LogP contribution in [0.3, 0.4) is 0 Å². The van der Waals surface area contributed by atoms with E-state index in [1.54, 1.807) is 12.5 Å². The second kappa shape index (κ2) is 8.50. The molecular formula is C12H20BrN3. The highest BCUT2D eigenvalue weighted by Gasteiger charge is 1.98. The Morgan fingerprint density at radius 3 is 2.69 bits per heavy atom. The summed E-state index contributed by atoms with van der Waals surface area (Å²) in [7, 11) is 0. The lowest BCUT2D eigenvalue weighted by molar-refractivity contribution is 0.616. The van der Waals surface area contributed by atoms with Gasteiger partial charge in [-0.2, -0.15) is 0 Å². The number of anilines is 1. The van der Waals surface area contributed by atoms with Crippen LogP contribution in [0, 0.1) is 0 Å². The molecular weight excluding hydrogens is 266 g/mol. The Bertz CT molecular complexity index is 291. The molecule has 1 heterocycles. The van der Waals surface area contributed by atoms with Gasteiger partial charge in [0.15, 0.2) is 0 Å². The normalized spacial score (nSPS) is 10.4. The van der Waals surface area contributed by atoms with E-state index in [-0.39, 0.29) is 0 Å². The monoisotopic (exact) mass is 285 g/mol. The molecule has 0 amide bonds. The van der Waals surface area contributed by atoms with E-state index in [1.165, 1.54) is 38.5 Å². The van der Waals surface area contributed by atoms with Crippen molar-refractivity contribution in [2.75, 3.05) is 11.9 Å². The van der Waals surface area contributed by atoms with E-state index >= 15 is 0 Å². The van der Waals surface area contributed by atoms with Crippen LogP contribution in [0.1, 0.15) is 45.4 Å². The maximum absolute atomic E-state index is 4.16. The molecule has 0 aliphatic heterocycles. The molecule has 0 radical (unpaired) electrons. The lowest BCUT2D eigenvalue weighted by Crippen LogP contribution is -2.04. The fourth-order valence-electron chi connectivity index (χ4n) is 1.55. The number of unbranched alkanes of at least 4 members (excludes halogenated alkanes) is 5. The van der Waals surface area contributed by atoms with Gasteiger partial charge in [-0.25, -0.2) is 9.97 Å². The molecule has 0 saturated carbocycles. The first-order chi connectivity index (χ1) is 7.84. The van der Waals surface area contributed by atoms with Crippen molar-refractivity contribution in [1.29, 1.82) is 0 Å². The second-order valence-electron chi connectivity index (χ2n) is 3.91. The quantitative estimate of drug-likeness (QED) is 0.734. The van der Waals surface area contributed by atoms with Gasteiger partial charge in [0, 0.05) is 12.7 Å². The smallest absolute Gasteiger partial charge is 0.143 e. The Kier molecular flexibility index (Phi) is 7.14. The van der Waals surface area contributed by atoms with Crippen molar-refractivity contribution in [2.45, 2.75) is 45.4 Å². The predicted molar refractivity (Wildman–Crippen MR) is 71.6 cm³/mol. The van der Waals surface area contributed by atoms with E-state index in [4.69, 9.17) is 0 Å². The van der Waals surface area contributed by atoms with Crippen molar-refractivity contribution in [3.63, 3.8) is 0 Å². The summed E-state index contributed by atoms with van der Waals surface area (Å²) in [6.07, 6.45) is 11.2. The van der Waals surface area contributed by atoms with Gasteiger partial charge in [0.25, 0.3) is 0 Å². The fraction of sp³-hybridized carbons (Fsp3) is 0.667. The molecule has 0 fully saturated rings. The van der Waals surface area contributed by atoms with Crippen LogP contribution in [-0.4, -0.2) is 16.5 Å². The minimum Gasteiger partial charge on any atom is -0.369 e. The summed E-state index contributed by atoms with van der Waals surface area (Å²) in [6.45, 7) is 3.23. The van der Waals surface area contributed by atoms with Gasteiger partial charge in [-0.1, -0.05) is 39.0 Å². The Morgan fingerprint density at radius 2 is 1.94 bits per heavy atom. The molecule has 0 saturated heterocycles. The molecule has 0 atom stereocenters. The van der Waals surface area contributed by atoms with Gasteiger partial charge in [-0.3, -0.25) is 0 Å². The van der Waals surface area contributed by atoms with Crippen LogP contribution in [0.25, 0.3) is 0 Å². The molecule has 1 N–H and O–H groups in total. The lowest BCUT2D eigenvalue weighted by Gasteiger charge is -2.06. The Labute approximate surface area is 106 Å². The van der Waals surface area contributed by atoms with Gasteiger partial charge in [0.1, 0.15) is 12.1 Å². The van der Waals surface area contributed by atoms with Gasteiger partial charge in [-0.05, 0) is 22.4 Å². The van der Waals surface area contributed by atoms with Crippen LogP contribution >= 0.6 is 15.9 Å². The summed E-state index contributed by atoms with van der Waals surface area (Å²) in [5.41, 5.74) is 0. The molecule has 4 heteroatoms. The largest absolute Gasteiger partial charge is 0.369 e. The van der Waals surface area contributed by atoms with Crippen molar-refractivity contribution in [1.82, 2.24) is 9.97 Å². The molecule has 1 rings (SSSR count). The van der Waals surface area contributed by atoms with Crippen LogP contribution in [0.2, 0.25) is 0 Å². The molecule has 0 bridgehead atoms. The summed E-state index contributed by atoms with van der Waals surface area (Å²) in [5, 5.41) is 3.31. The maximum Gasteiger partial charge on any atom is 0.143 e. The molecule has 0 unspecified atom stereocenters. The SMILES string of the molecule is CCCCCCCCNc1ncncc1Br. The fourth-order valence-corrected chi connectivity index (χ4v) is 1.92. The van der Waals surface area contributed by atoms with Crippen LogP contribution in [-0.2, 0) is 0 Å². The zero-order valence-electron chi connectivity index (χ0n) is 9.88. The lowest BCUT2D eigenvalue weighted by atomic mass is 10.1. The third-order valence-corrected chi connectivity index (χ3v) is 3.07. The van der Waals surface area contributed by atoms with Gasteiger partial charge >= 0.3 is 0 Å². The summed E-state index contributed by atoms with van der Waals surface area (Å²) in [5.74, 6) is 0.892. The molecule has 0 aliphatic rings. The van der Waals surface area contributed by atoms with Gasteiger partial charge < -0.3 is 5.32 Å². The summed E-state index contributed by atoms with van der Waals surface area (Å²) in [6, 6.07) is 0. The van der Waals surface area contributed by atoms with E-state index in [9.17, 15) is 0 Å². The number of nitrogens with one attached hydrogen (secondary N) is 1. The Hall–Kier alpha value is -0.640. The number of aromatic nitrogens is 2. The van der Waals surface area contributed by atoms with Crippen molar-refractivity contribution in [3.05, 3.63) is 17.0 Å². The Balaban J connectivity index is 2.05. The first-order valence-electron chi connectivity index (χ1n) is 6.04. The molecule has 90 valence electrons. The van der Waals surface area contributed by atoms with E-state index in [0.717, 1.165) is 16.8 Å². The topological polar surface area (TPSA) is 37.8 Å². The van der Waals surface area contributed by atoms with Crippen LogP contribution in [0.5, 0.6) is 0 Å². The van der Waals surface area contributed by atoms with Gasteiger partial charge in [0.05, 0.1) is 4.47 Å². The highest BCUT2D eigenvalue weighted by Crippen LogP contribution is 2.17. The minimum absolute atomic E-state index is 0.892. The highest BCUT2D eigenvalue weighted by molar-refractivity contribution is 9.10. The molecule has 0 spiro atoms. The third kappa shape index (κ3) is 5.45. The van der Waals surface area contributed by atoms with Crippen LogP contribution in [0.15, 0.2) is 17.0 Å². The van der Waals surface area contributed by atoms with Gasteiger partial charge in [0.2, 0.25) is 0 Å². The first kappa shape index (κ1) is 13.4. The molecule has 1 aromatic heterocycles. The molecule has 0 aromatic carbocycles. The number of halogens is 1. The van der Waals surface area contributed by atoms with Crippen molar-refractivity contribution in [3.8, 4) is 0 Å². The average molecular weight is 286 g/mol. The van der Waals surface area contributed by atoms with Crippen molar-refractivity contribution >= 4 is 21.7 Å². The van der Waals surface area contributed by atoms with E-state index in [1.807, 2.05) is 0 Å². The number of hydrogen-bond acceptors (Lipinski definition) is 3. The molecule has 1 aromatic rings. The predicted octanol–water partition coefficient (Wildman–Crippen LogP) is 4.01. The zero-order chi connectivity index (χ0) is 11.6.